The lowest BCUT2D eigenvalue weighted by atomic mass is 10.2. The zero-order valence-corrected chi connectivity index (χ0v) is 12.9. The molecule has 1 aliphatic heterocycles. The van der Waals surface area contributed by atoms with E-state index in [2.05, 4.69) is 17.1 Å². The number of nitrogens with zero attached hydrogens (tertiary/aromatic N) is 2. The van der Waals surface area contributed by atoms with E-state index in [0.717, 1.165) is 25.2 Å². The minimum absolute atomic E-state index is 0.0458. The molecule has 1 aliphatic rings. The third kappa shape index (κ3) is 4.19. The van der Waals surface area contributed by atoms with E-state index in [9.17, 15) is 9.90 Å². The molecule has 0 saturated carbocycles. The van der Waals surface area contributed by atoms with E-state index in [1.807, 2.05) is 36.1 Å². The zero-order chi connectivity index (χ0) is 15.2. The van der Waals surface area contributed by atoms with Gasteiger partial charge in [-0.05, 0) is 25.5 Å². The van der Waals surface area contributed by atoms with E-state index < -0.39 is 0 Å². The average molecular weight is 291 g/mol. The summed E-state index contributed by atoms with van der Waals surface area (Å²) in [5.74, 6) is 0. The summed E-state index contributed by atoms with van der Waals surface area (Å²) in [7, 11) is 0. The van der Waals surface area contributed by atoms with Gasteiger partial charge in [-0.2, -0.15) is 0 Å². The summed E-state index contributed by atoms with van der Waals surface area (Å²) in [4.78, 5) is 16.3. The SMILES string of the molecule is CCC(CO)N1CCN(C(=O)Nc2ccc(C)cc2)CC1. The minimum Gasteiger partial charge on any atom is -0.395 e. The Morgan fingerprint density at radius 2 is 1.86 bits per heavy atom. The molecule has 1 atom stereocenters. The van der Waals surface area contributed by atoms with Crippen molar-refractivity contribution < 1.29 is 9.90 Å². The second kappa shape index (κ2) is 7.43. The van der Waals surface area contributed by atoms with Crippen LogP contribution in [-0.4, -0.2) is 59.8 Å². The molecule has 2 rings (SSSR count). The quantitative estimate of drug-likeness (QED) is 0.891. The van der Waals surface area contributed by atoms with Gasteiger partial charge in [0, 0.05) is 37.9 Å². The van der Waals surface area contributed by atoms with Crippen molar-refractivity contribution in [3.05, 3.63) is 29.8 Å². The minimum atomic E-state index is -0.0458. The van der Waals surface area contributed by atoms with Gasteiger partial charge in [-0.15, -0.1) is 0 Å². The van der Waals surface area contributed by atoms with Crippen molar-refractivity contribution in [1.82, 2.24) is 9.80 Å². The van der Waals surface area contributed by atoms with Crippen molar-refractivity contribution in [2.45, 2.75) is 26.3 Å². The summed E-state index contributed by atoms with van der Waals surface area (Å²) in [6.07, 6.45) is 0.937. The van der Waals surface area contributed by atoms with Crippen molar-refractivity contribution >= 4 is 11.7 Å². The molecule has 0 aliphatic carbocycles. The van der Waals surface area contributed by atoms with Crippen LogP contribution in [0.4, 0.5) is 10.5 Å². The van der Waals surface area contributed by atoms with Gasteiger partial charge in [-0.25, -0.2) is 4.79 Å². The standard InChI is InChI=1S/C16H25N3O2/c1-3-15(12-20)18-8-10-19(11-9-18)16(21)17-14-6-4-13(2)5-7-14/h4-7,15,20H,3,8-12H2,1-2H3,(H,17,21). The molecule has 0 aromatic heterocycles. The molecular weight excluding hydrogens is 266 g/mol. The van der Waals surface area contributed by atoms with Crippen molar-refractivity contribution in [1.29, 1.82) is 0 Å². The number of carbonyl (C=O) groups excluding carboxylic acids is 1. The van der Waals surface area contributed by atoms with Crippen molar-refractivity contribution in [3.8, 4) is 0 Å². The van der Waals surface area contributed by atoms with Crippen LogP contribution in [0.5, 0.6) is 0 Å². The van der Waals surface area contributed by atoms with E-state index in [-0.39, 0.29) is 18.7 Å². The lowest BCUT2D eigenvalue weighted by Crippen LogP contribution is -2.53. The Labute approximate surface area is 126 Å². The normalized spacial score (nSPS) is 17.6. The summed E-state index contributed by atoms with van der Waals surface area (Å²) in [5.41, 5.74) is 2.01. The van der Waals surface area contributed by atoms with E-state index in [1.165, 1.54) is 5.56 Å². The average Bonchev–Trinajstić information content (AvgIpc) is 2.51. The van der Waals surface area contributed by atoms with Gasteiger partial charge in [-0.1, -0.05) is 24.6 Å². The van der Waals surface area contributed by atoms with Crippen LogP contribution in [0.25, 0.3) is 0 Å². The van der Waals surface area contributed by atoms with Crippen LogP contribution in [0.1, 0.15) is 18.9 Å². The number of amides is 2. The Bertz CT molecular complexity index is 449. The van der Waals surface area contributed by atoms with Crippen molar-refractivity contribution in [3.63, 3.8) is 0 Å². The molecule has 2 amide bonds. The van der Waals surface area contributed by atoms with Gasteiger partial charge in [0.15, 0.2) is 0 Å². The first-order valence-electron chi connectivity index (χ1n) is 7.61. The first-order chi connectivity index (χ1) is 10.1. The summed E-state index contributed by atoms with van der Waals surface area (Å²) >= 11 is 0. The number of piperazine rings is 1. The van der Waals surface area contributed by atoms with Gasteiger partial charge in [-0.3, -0.25) is 4.90 Å². The van der Waals surface area contributed by atoms with Crippen molar-refractivity contribution in [2.24, 2.45) is 0 Å². The molecule has 21 heavy (non-hydrogen) atoms. The lowest BCUT2D eigenvalue weighted by molar-refractivity contribution is 0.0766. The highest BCUT2D eigenvalue weighted by atomic mass is 16.3. The molecular formula is C16H25N3O2. The van der Waals surface area contributed by atoms with Crippen molar-refractivity contribution in [2.75, 3.05) is 38.1 Å². The maximum Gasteiger partial charge on any atom is 0.321 e. The van der Waals surface area contributed by atoms with E-state index in [4.69, 9.17) is 0 Å². The van der Waals surface area contributed by atoms with Crippen LogP contribution < -0.4 is 5.32 Å². The molecule has 1 unspecified atom stereocenters. The third-order valence-corrected chi connectivity index (χ3v) is 4.10. The predicted octanol–water partition coefficient (Wildman–Crippen LogP) is 1.92. The first kappa shape index (κ1) is 15.8. The molecule has 0 radical (unpaired) electrons. The van der Waals surface area contributed by atoms with Gasteiger partial charge in [0.2, 0.25) is 0 Å². The zero-order valence-electron chi connectivity index (χ0n) is 12.9. The molecule has 5 nitrogen and oxygen atoms in total. The maximum absolute atomic E-state index is 12.2. The monoisotopic (exact) mass is 291 g/mol. The Balaban J connectivity index is 1.84. The van der Waals surface area contributed by atoms with Crippen LogP contribution >= 0.6 is 0 Å². The topological polar surface area (TPSA) is 55.8 Å². The van der Waals surface area contributed by atoms with Gasteiger partial charge < -0.3 is 15.3 Å². The lowest BCUT2D eigenvalue weighted by Gasteiger charge is -2.38. The van der Waals surface area contributed by atoms with Crippen LogP contribution in [0.3, 0.4) is 0 Å². The van der Waals surface area contributed by atoms with Gasteiger partial charge in [0.05, 0.1) is 6.61 Å². The highest BCUT2D eigenvalue weighted by molar-refractivity contribution is 5.89. The molecule has 5 heteroatoms. The fourth-order valence-corrected chi connectivity index (χ4v) is 2.63. The molecule has 1 aromatic carbocycles. The maximum atomic E-state index is 12.2. The van der Waals surface area contributed by atoms with Gasteiger partial charge in [0.25, 0.3) is 0 Å². The van der Waals surface area contributed by atoms with Gasteiger partial charge in [0.1, 0.15) is 0 Å². The molecule has 1 aromatic rings. The fourth-order valence-electron chi connectivity index (χ4n) is 2.63. The Kier molecular flexibility index (Phi) is 5.59. The molecule has 2 N–H and O–H groups in total. The highest BCUT2D eigenvalue weighted by Crippen LogP contribution is 2.12. The van der Waals surface area contributed by atoms with Crippen LogP contribution in [0, 0.1) is 6.92 Å². The number of aryl methyl sites for hydroxylation is 1. The third-order valence-electron chi connectivity index (χ3n) is 4.10. The summed E-state index contributed by atoms with van der Waals surface area (Å²) in [6.45, 7) is 7.34. The Morgan fingerprint density at radius 1 is 1.24 bits per heavy atom. The number of anilines is 1. The number of aliphatic hydroxyl groups is 1. The number of urea groups is 1. The van der Waals surface area contributed by atoms with Crippen LogP contribution in [0.15, 0.2) is 24.3 Å². The van der Waals surface area contributed by atoms with E-state index in [0.29, 0.717) is 13.1 Å². The summed E-state index contributed by atoms with van der Waals surface area (Å²) in [6, 6.07) is 7.98. The number of aliphatic hydroxyl groups excluding tert-OH is 1. The number of carbonyl (C=O) groups is 1. The number of hydrogen-bond acceptors (Lipinski definition) is 3. The second-order valence-corrected chi connectivity index (χ2v) is 5.56. The largest absolute Gasteiger partial charge is 0.395 e. The Hall–Kier alpha value is -1.59. The molecule has 1 heterocycles. The number of nitrogens with one attached hydrogen (secondary N) is 1. The summed E-state index contributed by atoms with van der Waals surface area (Å²) < 4.78 is 0. The molecule has 1 fully saturated rings. The molecule has 116 valence electrons. The number of rotatable bonds is 4. The van der Waals surface area contributed by atoms with Gasteiger partial charge >= 0.3 is 6.03 Å². The van der Waals surface area contributed by atoms with E-state index >= 15 is 0 Å². The predicted molar refractivity (Wildman–Crippen MR) is 84.5 cm³/mol. The first-order valence-corrected chi connectivity index (χ1v) is 7.61. The molecule has 1 saturated heterocycles. The smallest absolute Gasteiger partial charge is 0.321 e. The number of hydrogen-bond donors (Lipinski definition) is 2. The molecule has 0 spiro atoms. The highest BCUT2D eigenvalue weighted by Gasteiger charge is 2.24. The van der Waals surface area contributed by atoms with E-state index in [1.54, 1.807) is 0 Å². The number of benzene rings is 1. The summed E-state index contributed by atoms with van der Waals surface area (Å²) in [5, 5.41) is 12.3. The Morgan fingerprint density at radius 3 is 2.38 bits per heavy atom. The van der Waals surface area contributed by atoms with Crippen LogP contribution in [0.2, 0.25) is 0 Å². The second-order valence-electron chi connectivity index (χ2n) is 5.56. The molecule has 0 bridgehead atoms. The van der Waals surface area contributed by atoms with Crippen LogP contribution in [-0.2, 0) is 0 Å². The fraction of sp³-hybridized carbons (Fsp3) is 0.562.